The third-order valence-electron chi connectivity index (χ3n) is 3.38. The summed E-state index contributed by atoms with van der Waals surface area (Å²) in [4.78, 5) is 12.0. The zero-order valence-electron chi connectivity index (χ0n) is 12.7. The van der Waals surface area contributed by atoms with Gasteiger partial charge in [0.15, 0.2) is 5.41 Å². The topological polar surface area (TPSA) is 46.5 Å². The first-order valence-corrected chi connectivity index (χ1v) is 7.25. The molecule has 0 radical (unpaired) electrons. The third-order valence-corrected chi connectivity index (χ3v) is 3.38. The van der Waals surface area contributed by atoms with Gasteiger partial charge in [0.1, 0.15) is 0 Å². The van der Waals surface area contributed by atoms with E-state index in [1.54, 1.807) is 30.3 Å². The van der Waals surface area contributed by atoms with Crippen molar-refractivity contribution in [3.63, 3.8) is 0 Å². The van der Waals surface area contributed by atoms with E-state index >= 15 is 0 Å². The number of carbonyl (C=O) groups is 1. The van der Waals surface area contributed by atoms with Crippen molar-refractivity contribution < 1.29 is 14.6 Å². The lowest BCUT2D eigenvalue weighted by molar-refractivity contribution is -0.143. The zero-order valence-corrected chi connectivity index (χ0v) is 12.7. The first-order valence-electron chi connectivity index (χ1n) is 7.25. The summed E-state index contributed by atoms with van der Waals surface area (Å²) in [6.07, 6.45) is 1.59. The molecule has 0 saturated carbocycles. The molecule has 0 aliphatic heterocycles. The van der Waals surface area contributed by atoms with E-state index in [0.717, 1.165) is 5.56 Å². The predicted octanol–water partition coefficient (Wildman–Crippen LogP) is 3.26. The Kier molecular flexibility index (Phi) is 5.74. The van der Waals surface area contributed by atoms with Gasteiger partial charge in [-0.05, 0) is 17.7 Å². The molecule has 0 aliphatic rings. The van der Waals surface area contributed by atoms with Crippen LogP contribution in [0.1, 0.15) is 11.1 Å². The lowest BCUT2D eigenvalue weighted by Gasteiger charge is -2.24. The second-order valence-corrected chi connectivity index (χ2v) is 5.00. The molecule has 116 valence electrons. The Morgan fingerprint density at radius 1 is 1.13 bits per heavy atom. The fourth-order valence-electron chi connectivity index (χ4n) is 2.15. The van der Waals surface area contributed by atoms with E-state index in [1.807, 2.05) is 36.4 Å². The van der Waals surface area contributed by atoms with E-state index in [0.29, 0.717) is 5.56 Å². The molecule has 1 N–H and O–H groups in total. The van der Waals surface area contributed by atoms with Crippen LogP contribution in [0.4, 0.5) is 0 Å². The summed E-state index contributed by atoms with van der Waals surface area (Å²) in [5.74, 6) is 4.84. The van der Waals surface area contributed by atoms with E-state index in [2.05, 4.69) is 18.4 Å². The molecule has 23 heavy (non-hydrogen) atoms. The van der Waals surface area contributed by atoms with Gasteiger partial charge in [-0.2, -0.15) is 0 Å². The van der Waals surface area contributed by atoms with Crippen LogP contribution in [0.2, 0.25) is 0 Å². The van der Waals surface area contributed by atoms with Crippen molar-refractivity contribution in [2.45, 2.75) is 5.41 Å². The minimum atomic E-state index is -1.42. The van der Waals surface area contributed by atoms with Crippen molar-refractivity contribution >= 4 is 5.97 Å². The largest absolute Gasteiger partial charge is 0.480 e. The molecule has 0 aromatic heterocycles. The van der Waals surface area contributed by atoms with Crippen LogP contribution in [-0.2, 0) is 14.9 Å². The molecule has 0 bridgehead atoms. The average molecular weight is 306 g/mol. The van der Waals surface area contributed by atoms with Crippen molar-refractivity contribution in [1.82, 2.24) is 0 Å². The number of hydrogen-bond acceptors (Lipinski definition) is 2. The summed E-state index contributed by atoms with van der Waals surface area (Å²) in [7, 11) is 0. The van der Waals surface area contributed by atoms with E-state index in [1.165, 1.54) is 0 Å². The van der Waals surface area contributed by atoms with Crippen LogP contribution in [0, 0.1) is 11.8 Å². The zero-order chi connectivity index (χ0) is 16.5. The molecule has 0 aliphatic carbocycles. The fourth-order valence-corrected chi connectivity index (χ4v) is 2.15. The van der Waals surface area contributed by atoms with Gasteiger partial charge in [0.25, 0.3) is 0 Å². The van der Waals surface area contributed by atoms with Crippen LogP contribution in [0.15, 0.2) is 73.3 Å². The molecular formula is C20H18O3. The van der Waals surface area contributed by atoms with Crippen molar-refractivity contribution in [1.29, 1.82) is 0 Å². The van der Waals surface area contributed by atoms with Gasteiger partial charge in [0.05, 0.1) is 13.2 Å². The van der Waals surface area contributed by atoms with Crippen LogP contribution >= 0.6 is 0 Å². The lowest BCUT2D eigenvalue weighted by atomic mass is 9.81. The lowest BCUT2D eigenvalue weighted by Crippen LogP contribution is -2.39. The van der Waals surface area contributed by atoms with Crippen molar-refractivity contribution in [3.05, 3.63) is 84.4 Å². The summed E-state index contributed by atoms with van der Waals surface area (Å²) in [5.41, 5.74) is -0.0575. The number of benzene rings is 2. The van der Waals surface area contributed by atoms with Crippen molar-refractivity contribution in [3.8, 4) is 11.8 Å². The molecule has 2 rings (SSSR count). The highest BCUT2D eigenvalue weighted by molar-refractivity contribution is 5.86. The normalized spacial score (nSPS) is 12.5. The maximum Gasteiger partial charge on any atom is 0.328 e. The molecule has 3 nitrogen and oxygen atoms in total. The molecule has 2 aromatic carbocycles. The molecule has 0 saturated heterocycles. The molecule has 1 unspecified atom stereocenters. The van der Waals surface area contributed by atoms with Crippen LogP contribution in [0.3, 0.4) is 0 Å². The average Bonchev–Trinajstić information content (AvgIpc) is 2.59. The molecular weight excluding hydrogens is 288 g/mol. The Labute approximate surface area is 136 Å². The van der Waals surface area contributed by atoms with Gasteiger partial charge in [-0.1, -0.05) is 66.4 Å². The number of ether oxygens (including phenoxy) is 1. The van der Waals surface area contributed by atoms with Gasteiger partial charge in [0.2, 0.25) is 0 Å². The third kappa shape index (κ3) is 4.09. The summed E-state index contributed by atoms with van der Waals surface area (Å²) >= 11 is 0. The Morgan fingerprint density at radius 3 is 2.30 bits per heavy atom. The van der Waals surface area contributed by atoms with Crippen LogP contribution < -0.4 is 0 Å². The smallest absolute Gasteiger partial charge is 0.328 e. The molecule has 0 amide bonds. The van der Waals surface area contributed by atoms with E-state index in [4.69, 9.17) is 4.74 Å². The number of aliphatic carboxylic acids is 1. The van der Waals surface area contributed by atoms with Gasteiger partial charge in [-0.3, -0.25) is 4.79 Å². The highest BCUT2D eigenvalue weighted by Crippen LogP contribution is 2.25. The molecule has 0 spiro atoms. The van der Waals surface area contributed by atoms with Gasteiger partial charge >= 0.3 is 5.97 Å². The van der Waals surface area contributed by atoms with Crippen molar-refractivity contribution in [2.24, 2.45) is 0 Å². The number of carboxylic acid groups (broad SMARTS) is 1. The predicted molar refractivity (Wildman–Crippen MR) is 90.1 cm³/mol. The number of rotatable bonds is 6. The molecule has 3 heteroatoms. The second kappa shape index (κ2) is 7.98. The molecule has 0 fully saturated rings. The quantitative estimate of drug-likeness (QED) is 0.506. The number of carboxylic acids is 1. The minimum absolute atomic E-state index is 0.0435. The molecule has 1 atom stereocenters. The summed E-state index contributed by atoms with van der Waals surface area (Å²) in [6.45, 7) is 3.81. The first kappa shape index (κ1) is 16.5. The highest BCUT2D eigenvalue weighted by Gasteiger charge is 2.39. The Hall–Kier alpha value is -2.83. The van der Waals surface area contributed by atoms with Crippen molar-refractivity contribution in [2.75, 3.05) is 13.2 Å². The van der Waals surface area contributed by atoms with Crippen LogP contribution in [0.25, 0.3) is 0 Å². The maximum atomic E-state index is 12.0. The maximum absolute atomic E-state index is 12.0. The standard InChI is InChI=1S/C20H18O3/c1-2-15-23-16-20(19(21)22,18-11-7-4-8-12-18)14-13-17-9-5-3-6-10-17/h2-12H,1,15-16H2,(H,21,22). The van der Waals surface area contributed by atoms with Gasteiger partial charge < -0.3 is 9.84 Å². The Morgan fingerprint density at radius 2 is 1.74 bits per heavy atom. The van der Waals surface area contributed by atoms with E-state index < -0.39 is 11.4 Å². The van der Waals surface area contributed by atoms with E-state index in [9.17, 15) is 9.90 Å². The second-order valence-electron chi connectivity index (χ2n) is 5.00. The summed E-state index contributed by atoms with van der Waals surface area (Å²) < 4.78 is 5.45. The van der Waals surface area contributed by atoms with Gasteiger partial charge in [-0.15, -0.1) is 6.58 Å². The minimum Gasteiger partial charge on any atom is -0.480 e. The van der Waals surface area contributed by atoms with Gasteiger partial charge in [0, 0.05) is 5.56 Å². The number of hydrogen-bond donors (Lipinski definition) is 1. The van der Waals surface area contributed by atoms with Crippen LogP contribution in [-0.4, -0.2) is 24.3 Å². The van der Waals surface area contributed by atoms with Crippen LogP contribution in [0.5, 0.6) is 0 Å². The Bertz CT molecular complexity index is 711. The monoisotopic (exact) mass is 306 g/mol. The summed E-state index contributed by atoms with van der Waals surface area (Å²) in [5, 5.41) is 9.85. The van der Waals surface area contributed by atoms with E-state index in [-0.39, 0.29) is 13.2 Å². The van der Waals surface area contributed by atoms with Gasteiger partial charge in [-0.25, -0.2) is 0 Å². The Balaban J connectivity index is 2.46. The molecule has 0 heterocycles. The highest BCUT2D eigenvalue weighted by atomic mass is 16.5. The SMILES string of the molecule is C=CCOCC(C#Cc1ccccc1)(C(=O)O)c1ccccc1. The first-order chi connectivity index (χ1) is 11.2. The summed E-state index contributed by atoms with van der Waals surface area (Å²) in [6, 6.07) is 18.2. The molecule has 2 aromatic rings. The fraction of sp³-hybridized carbons (Fsp3) is 0.150.